The number of hydrogen-bond acceptors (Lipinski definition) is 3. The first-order valence-electron chi connectivity index (χ1n) is 6.91. The number of nitriles is 1. The molecule has 0 N–H and O–H groups in total. The van der Waals surface area contributed by atoms with Gasteiger partial charge in [-0.2, -0.15) is 5.26 Å². The third kappa shape index (κ3) is 2.51. The van der Waals surface area contributed by atoms with E-state index in [4.69, 9.17) is 11.6 Å². The average molecular weight is 332 g/mol. The highest BCUT2D eigenvalue weighted by molar-refractivity contribution is 7.92. The summed E-state index contributed by atoms with van der Waals surface area (Å²) < 4.78 is 25.5. The van der Waals surface area contributed by atoms with Gasteiger partial charge in [0.25, 0.3) is 0 Å². The fourth-order valence-corrected chi connectivity index (χ4v) is 4.98. The first kappa shape index (κ1) is 15.1. The second-order valence-electron chi connectivity index (χ2n) is 5.55. The Bertz CT molecular complexity index is 836. The molecule has 1 aliphatic carbocycles. The summed E-state index contributed by atoms with van der Waals surface area (Å²) >= 11 is 5.81. The lowest BCUT2D eigenvalue weighted by atomic mass is 10.1. The Morgan fingerprint density at radius 2 is 1.64 bits per heavy atom. The van der Waals surface area contributed by atoms with Crippen molar-refractivity contribution in [3.63, 3.8) is 0 Å². The molecule has 22 heavy (non-hydrogen) atoms. The molecule has 1 saturated carbocycles. The van der Waals surface area contributed by atoms with Crippen LogP contribution in [0.2, 0.25) is 5.02 Å². The molecule has 0 bridgehead atoms. The Morgan fingerprint density at radius 1 is 1.05 bits per heavy atom. The van der Waals surface area contributed by atoms with Crippen molar-refractivity contribution in [1.82, 2.24) is 0 Å². The lowest BCUT2D eigenvalue weighted by molar-refractivity contribution is 0.593. The van der Waals surface area contributed by atoms with Gasteiger partial charge in [-0.25, -0.2) is 8.42 Å². The molecular weight excluding hydrogens is 318 g/mol. The van der Waals surface area contributed by atoms with Crippen LogP contribution in [-0.2, 0) is 9.84 Å². The number of halogens is 1. The highest BCUT2D eigenvalue weighted by atomic mass is 35.5. The third-order valence-electron chi connectivity index (χ3n) is 4.07. The second kappa shape index (κ2) is 5.42. The maximum Gasteiger partial charge on any atom is 0.183 e. The number of aryl methyl sites for hydroxylation is 1. The van der Waals surface area contributed by atoms with Gasteiger partial charge in [-0.3, -0.25) is 0 Å². The van der Waals surface area contributed by atoms with E-state index in [1.165, 1.54) is 12.1 Å². The minimum atomic E-state index is -3.53. The van der Waals surface area contributed by atoms with E-state index in [0.29, 0.717) is 5.02 Å². The number of nitrogens with zero attached hydrogens (tertiary/aromatic N) is 1. The van der Waals surface area contributed by atoms with Crippen molar-refractivity contribution >= 4 is 21.4 Å². The van der Waals surface area contributed by atoms with E-state index < -0.39 is 21.0 Å². The maximum atomic E-state index is 12.7. The Hall–Kier alpha value is -1.83. The molecule has 5 heteroatoms. The van der Waals surface area contributed by atoms with Gasteiger partial charge in [0.15, 0.2) is 9.84 Å². The lowest BCUT2D eigenvalue weighted by Crippen LogP contribution is -2.10. The lowest BCUT2D eigenvalue weighted by Gasteiger charge is -2.04. The zero-order chi connectivity index (χ0) is 15.9. The summed E-state index contributed by atoms with van der Waals surface area (Å²) in [7, 11) is -3.53. The number of benzene rings is 2. The van der Waals surface area contributed by atoms with Gasteiger partial charge in [0.2, 0.25) is 0 Å². The first-order chi connectivity index (χ1) is 10.4. The van der Waals surface area contributed by atoms with Crippen molar-refractivity contribution in [1.29, 1.82) is 5.26 Å². The molecule has 112 valence electrons. The molecule has 2 aromatic rings. The molecule has 3 rings (SSSR count). The molecule has 2 aromatic carbocycles. The molecule has 0 saturated heterocycles. The molecule has 0 radical (unpaired) electrons. The van der Waals surface area contributed by atoms with Crippen LogP contribution >= 0.6 is 11.6 Å². The number of rotatable bonds is 3. The van der Waals surface area contributed by atoms with Crippen molar-refractivity contribution in [2.75, 3.05) is 0 Å². The normalized spacial score (nSPS) is 23.8. The topological polar surface area (TPSA) is 57.9 Å². The third-order valence-corrected chi connectivity index (χ3v) is 6.55. The van der Waals surface area contributed by atoms with E-state index in [9.17, 15) is 13.7 Å². The van der Waals surface area contributed by atoms with E-state index in [1.54, 1.807) is 12.1 Å². The fraction of sp³-hybridized carbons (Fsp3) is 0.235. The molecule has 3 nitrogen and oxygen atoms in total. The predicted molar refractivity (Wildman–Crippen MR) is 85.4 cm³/mol. The molecule has 0 heterocycles. The van der Waals surface area contributed by atoms with E-state index in [2.05, 4.69) is 6.07 Å². The van der Waals surface area contributed by atoms with Crippen LogP contribution in [-0.4, -0.2) is 13.7 Å². The zero-order valence-corrected chi connectivity index (χ0v) is 13.5. The van der Waals surface area contributed by atoms with E-state index in [0.717, 1.165) is 11.1 Å². The molecule has 1 aliphatic rings. The van der Waals surface area contributed by atoms with Gasteiger partial charge in [-0.15, -0.1) is 0 Å². The highest BCUT2D eigenvalue weighted by Gasteiger charge is 2.59. The van der Waals surface area contributed by atoms with Crippen molar-refractivity contribution in [3.8, 4) is 6.07 Å². The molecule has 0 aromatic heterocycles. The van der Waals surface area contributed by atoms with Crippen LogP contribution < -0.4 is 0 Å². The van der Waals surface area contributed by atoms with Crippen molar-refractivity contribution in [3.05, 3.63) is 64.7 Å². The standard InChI is InChI=1S/C17H14ClNO2S/c1-11-2-4-12(5-3-11)16-15(10-19)17(16)22(20,21)14-8-6-13(18)7-9-14/h2-9,15-17H,1H3. The van der Waals surface area contributed by atoms with Gasteiger partial charge in [0.05, 0.1) is 22.1 Å². The van der Waals surface area contributed by atoms with Crippen LogP contribution in [0, 0.1) is 24.2 Å². The SMILES string of the molecule is Cc1ccc(C2C(C#N)C2S(=O)(=O)c2ccc(Cl)cc2)cc1. The van der Waals surface area contributed by atoms with Gasteiger partial charge in [0.1, 0.15) is 0 Å². The summed E-state index contributed by atoms with van der Waals surface area (Å²) in [5.41, 5.74) is 2.01. The fourth-order valence-electron chi connectivity index (χ4n) is 2.79. The Kier molecular flexibility index (Phi) is 3.72. The van der Waals surface area contributed by atoms with Gasteiger partial charge < -0.3 is 0 Å². The van der Waals surface area contributed by atoms with Crippen LogP contribution in [0.5, 0.6) is 0 Å². The summed E-state index contributed by atoms with van der Waals surface area (Å²) in [6, 6.07) is 15.9. The molecule has 0 aliphatic heterocycles. The summed E-state index contributed by atoms with van der Waals surface area (Å²) in [4.78, 5) is 0.219. The number of sulfone groups is 1. The van der Waals surface area contributed by atoms with Gasteiger partial charge >= 0.3 is 0 Å². The van der Waals surface area contributed by atoms with Crippen LogP contribution in [0.3, 0.4) is 0 Å². The zero-order valence-electron chi connectivity index (χ0n) is 11.9. The Morgan fingerprint density at radius 3 is 2.18 bits per heavy atom. The van der Waals surface area contributed by atoms with Gasteiger partial charge in [-0.1, -0.05) is 41.4 Å². The molecule has 0 amide bonds. The van der Waals surface area contributed by atoms with Gasteiger partial charge in [0, 0.05) is 10.9 Å². The minimum absolute atomic E-state index is 0.219. The summed E-state index contributed by atoms with van der Waals surface area (Å²) in [6.07, 6.45) is 0. The van der Waals surface area contributed by atoms with E-state index in [1.807, 2.05) is 31.2 Å². The quantitative estimate of drug-likeness (QED) is 0.861. The van der Waals surface area contributed by atoms with E-state index in [-0.39, 0.29) is 10.8 Å². The Balaban J connectivity index is 1.95. The van der Waals surface area contributed by atoms with Crippen LogP contribution in [0.1, 0.15) is 17.0 Å². The summed E-state index contributed by atoms with van der Waals surface area (Å²) in [5, 5.41) is 9.09. The summed E-state index contributed by atoms with van der Waals surface area (Å²) in [5.74, 6) is -0.755. The Labute approximate surface area is 135 Å². The van der Waals surface area contributed by atoms with Gasteiger partial charge in [-0.05, 0) is 36.8 Å². The minimum Gasteiger partial charge on any atom is -0.223 e. The van der Waals surface area contributed by atoms with Crippen LogP contribution in [0.4, 0.5) is 0 Å². The highest BCUT2D eigenvalue weighted by Crippen LogP contribution is 2.53. The smallest absolute Gasteiger partial charge is 0.183 e. The largest absolute Gasteiger partial charge is 0.223 e. The second-order valence-corrected chi connectivity index (χ2v) is 8.10. The van der Waals surface area contributed by atoms with Crippen molar-refractivity contribution in [2.45, 2.75) is 23.0 Å². The van der Waals surface area contributed by atoms with Crippen molar-refractivity contribution < 1.29 is 8.42 Å². The molecule has 1 fully saturated rings. The summed E-state index contributed by atoms with van der Waals surface area (Å²) in [6.45, 7) is 1.97. The molecule has 3 unspecified atom stereocenters. The van der Waals surface area contributed by atoms with Crippen LogP contribution in [0.25, 0.3) is 0 Å². The molecule has 0 spiro atoms. The molecular formula is C17H14ClNO2S. The van der Waals surface area contributed by atoms with E-state index >= 15 is 0 Å². The maximum absolute atomic E-state index is 12.7. The van der Waals surface area contributed by atoms with Crippen molar-refractivity contribution in [2.24, 2.45) is 5.92 Å². The first-order valence-corrected chi connectivity index (χ1v) is 8.83. The monoisotopic (exact) mass is 331 g/mol. The predicted octanol–water partition coefficient (Wildman–Crippen LogP) is 3.73. The molecule has 3 atom stereocenters. The average Bonchev–Trinajstić information content (AvgIpc) is 3.24. The van der Waals surface area contributed by atoms with Crippen LogP contribution in [0.15, 0.2) is 53.4 Å². The number of hydrogen-bond donors (Lipinski definition) is 0.